The highest BCUT2D eigenvalue weighted by Crippen LogP contribution is 2.31. The van der Waals surface area contributed by atoms with Crippen molar-refractivity contribution in [3.05, 3.63) is 71.5 Å². The molecular formula is C30H38N6O6. The quantitative estimate of drug-likeness (QED) is 0.244. The van der Waals surface area contributed by atoms with Crippen LogP contribution in [0.2, 0.25) is 0 Å². The Balaban J connectivity index is 1.50. The molecule has 0 saturated carbocycles. The van der Waals surface area contributed by atoms with Crippen LogP contribution in [0, 0.1) is 12.8 Å². The van der Waals surface area contributed by atoms with E-state index in [2.05, 4.69) is 15.6 Å². The molecular weight excluding hydrogens is 540 g/mol. The van der Waals surface area contributed by atoms with Gasteiger partial charge in [-0.3, -0.25) is 14.5 Å². The summed E-state index contributed by atoms with van der Waals surface area (Å²) in [4.78, 5) is 39.4. The summed E-state index contributed by atoms with van der Waals surface area (Å²) >= 11 is 0. The fraction of sp³-hybridized carbons (Fsp3) is 0.433. The number of likely N-dealkylation sites (tertiary alicyclic amines) is 1. The van der Waals surface area contributed by atoms with Gasteiger partial charge in [-0.05, 0) is 36.0 Å². The Kier molecular flexibility index (Phi) is 9.71. The number of nitrogens with one attached hydrogen (secondary N) is 1. The fourth-order valence-electron chi connectivity index (χ4n) is 5.44. The summed E-state index contributed by atoms with van der Waals surface area (Å²) in [5.41, 5.74) is 8.98. The van der Waals surface area contributed by atoms with Crippen LogP contribution in [-0.2, 0) is 20.7 Å². The topological polar surface area (TPSA) is 173 Å². The summed E-state index contributed by atoms with van der Waals surface area (Å²) in [6.07, 6.45) is -1.93. The molecule has 0 radical (unpaired) electrons. The van der Waals surface area contributed by atoms with Gasteiger partial charge in [0.1, 0.15) is 12.3 Å². The van der Waals surface area contributed by atoms with Gasteiger partial charge in [-0.25, -0.2) is 9.48 Å². The number of hydrogen-bond acceptors (Lipinski definition) is 9. The Hall–Kier alpha value is -4.13. The third-order valence-electron chi connectivity index (χ3n) is 7.70. The van der Waals surface area contributed by atoms with E-state index in [-0.39, 0.29) is 31.0 Å². The number of hydrogen-bond donors (Lipinski definition) is 4. The van der Waals surface area contributed by atoms with Gasteiger partial charge in [-0.15, -0.1) is 5.10 Å². The summed E-state index contributed by atoms with van der Waals surface area (Å²) in [5.74, 6) is -2.10. The Morgan fingerprint density at radius 1 is 1.10 bits per heavy atom. The van der Waals surface area contributed by atoms with Gasteiger partial charge in [-0.2, -0.15) is 0 Å². The number of nitrogens with two attached hydrogens (primary N) is 1. The first kappa shape index (κ1) is 30.8. The smallest absolute Gasteiger partial charge is 0.360 e. The van der Waals surface area contributed by atoms with E-state index in [1.807, 2.05) is 68.4 Å². The zero-order valence-electron chi connectivity index (χ0n) is 24.2. The van der Waals surface area contributed by atoms with Crippen molar-refractivity contribution in [1.82, 2.24) is 25.2 Å². The third kappa shape index (κ3) is 6.67. The Bertz CT molecular complexity index is 1390. The van der Waals surface area contributed by atoms with Crippen LogP contribution in [0.5, 0.6) is 0 Å². The molecule has 2 amide bonds. The second kappa shape index (κ2) is 13.2. The number of aliphatic hydroxyl groups excluding tert-OH is 2. The third-order valence-corrected chi connectivity index (χ3v) is 7.70. The molecule has 2 aromatic carbocycles. The minimum absolute atomic E-state index is 0.0161. The highest BCUT2D eigenvalue weighted by molar-refractivity contribution is 5.89. The fourth-order valence-corrected chi connectivity index (χ4v) is 5.44. The van der Waals surface area contributed by atoms with E-state index in [1.54, 1.807) is 6.92 Å². The number of carbonyl (C=O) groups excluding carboxylic acids is 3. The second-order valence-corrected chi connectivity index (χ2v) is 10.9. The van der Waals surface area contributed by atoms with Gasteiger partial charge >= 0.3 is 5.97 Å². The highest BCUT2D eigenvalue weighted by atomic mass is 16.5. The van der Waals surface area contributed by atoms with Gasteiger partial charge in [0.15, 0.2) is 5.69 Å². The number of aliphatic hydroxyl groups is 2. The average Bonchev–Trinajstić information content (AvgIpc) is 3.55. The van der Waals surface area contributed by atoms with E-state index in [9.17, 15) is 24.6 Å². The molecule has 12 nitrogen and oxygen atoms in total. The molecule has 1 aliphatic heterocycles. The van der Waals surface area contributed by atoms with E-state index in [0.29, 0.717) is 5.69 Å². The van der Waals surface area contributed by atoms with Crippen LogP contribution in [0.3, 0.4) is 0 Å². The Morgan fingerprint density at radius 2 is 1.74 bits per heavy atom. The zero-order chi connectivity index (χ0) is 30.6. The molecule has 4 rings (SSSR count). The Morgan fingerprint density at radius 3 is 2.33 bits per heavy atom. The lowest BCUT2D eigenvalue weighted by Gasteiger charge is -2.36. The van der Waals surface area contributed by atoms with Crippen molar-refractivity contribution in [3.8, 4) is 11.1 Å². The lowest BCUT2D eigenvalue weighted by molar-refractivity contribution is -0.135. The first-order chi connectivity index (χ1) is 20.0. The number of primary amides is 1. The maximum Gasteiger partial charge on any atom is 0.360 e. The molecule has 5 atom stereocenters. The molecule has 0 aliphatic carbocycles. The standard InChI is InChI=1S/C30H38N6O6/c1-17(2)26(36-18(3)25(33-34-36)30(41)42-4)29(40)35-16-22(37)15-24(35)28(39)32-23(27(31)38)14-19-10-12-21(13-11-19)20-8-6-5-7-9-20/h5-13,17,22-24,26,29,37,40H,14-16H2,1-4H3,(H2,31,38)(H,32,39)/t22-,23-,24+,26-,29?/m1/s1. The van der Waals surface area contributed by atoms with Crippen LogP contribution in [-0.4, -0.2) is 86.0 Å². The van der Waals surface area contributed by atoms with Crippen molar-refractivity contribution in [3.63, 3.8) is 0 Å². The Labute approximate surface area is 244 Å². The van der Waals surface area contributed by atoms with Crippen molar-refractivity contribution >= 4 is 17.8 Å². The number of methoxy groups -OCH3 is 1. The zero-order valence-corrected chi connectivity index (χ0v) is 24.2. The van der Waals surface area contributed by atoms with Crippen LogP contribution < -0.4 is 11.1 Å². The molecule has 1 fully saturated rings. The van der Waals surface area contributed by atoms with E-state index in [1.165, 1.54) is 16.7 Å². The minimum atomic E-state index is -1.28. The van der Waals surface area contributed by atoms with Crippen molar-refractivity contribution in [2.45, 2.75) is 64.1 Å². The normalized spacial score (nSPS) is 19.3. The monoisotopic (exact) mass is 578 g/mol. The van der Waals surface area contributed by atoms with E-state index in [0.717, 1.165) is 16.7 Å². The second-order valence-electron chi connectivity index (χ2n) is 10.9. The number of amides is 2. The first-order valence-electron chi connectivity index (χ1n) is 13.9. The number of ether oxygens (including phenoxy) is 1. The lowest BCUT2D eigenvalue weighted by atomic mass is 9.99. The molecule has 0 bridgehead atoms. The SMILES string of the molecule is COC(=O)c1nnn([C@H](C(C)C)C(O)N2C[C@H](O)C[C@H]2C(=O)N[C@H](Cc2ccc(-c3ccccc3)cc2)C(N)=O)c1C. The predicted molar refractivity (Wildman–Crippen MR) is 154 cm³/mol. The molecule has 5 N–H and O–H groups in total. The molecule has 3 aromatic rings. The molecule has 12 heteroatoms. The molecule has 1 unspecified atom stereocenters. The van der Waals surface area contributed by atoms with Crippen molar-refractivity contribution in [2.75, 3.05) is 13.7 Å². The van der Waals surface area contributed by atoms with Crippen molar-refractivity contribution in [2.24, 2.45) is 11.7 Å². The van der Waals surface area contributed by atoms with Crippen molar-refractivity contribution in [1.29, 1.82) is 0 Å². The van der Waals surface area contributed by atoms with Gasteiger partial charge in [0.2, 0.25) is 11.8 Å². The summed E-state index contributed by atoms with van der Waals surface area (Å²) in [6, 6.07) is 14.9. The van der Waals surface area contributed by atoms with E-state index >= 15 is 0 Å². The number of β-amino-alcohol motifs (C(OH)–C–C–N with tert-alkyl or cyclic N) is 1. The first-order valence-corrected chi connectivity index (χ1v) is 13.9. The van der Waals surface area contributed by atoms with Crippen LogP contribution in [0.25, 0.3) is 11.1 Å². The van der Waals surface area contributed by atoms with Crippen LogP contribution >= 0.6 is 0 Å². The van der Waals surface area contributed by atoms with Crippen LogP contribution in [0.1, 0.15) is 48.1 Å². The number of nitrogens with zero attached hydrogens (tertiary/aromatic N) is 4. The summed E-state index contributed by atoms with van der Waals surface area (Å²) in [6.45, 7) is 5.38. The summed E-state index contributed by atoms with van der Waals surface area (Å²) < 4.78 is 6.20. The predicted octanol–water partition coefficient (Wildman–Crippen LogP) is 1.20. The summed E-state index contributed by atoms with van der Waals surface area (Å²) in [5, 5.41) is 32.8. The van der Waals surface area contributed by atoms with Gasteiger partial charge in [0, 0.05) is 13.0 Å². The molecule has 1 aromatic heterocycles. The molecule has 2 heterocycles. The maximum absolute atomic E-state index is 13.5. The van der Waals surface area contributed by atoms with Gasteiger partial charge in [0.25, 0.3) is 0 Å². The number of benzene rings is 2. The number of carbonyl (C=O) groups is 3. The minimum Gasteiger partial charge on any atom is -0.464 e. The number of aromatic nitrogens is 3. The van der Waals surface area contributed by atoms with Gasteiger partial charge in [-0.1, -0.05) is 73.7 Å². The number of rotatable bonds is 11. The molecule has 0 spiro atoms. The average molecular weight is 579 g/mol. The van der Waals surface area contributed by atoms with Gasteiger partial charge in [0.05, 0.1) is 31.0 Å². The van der Waals surface area contributed by atoms with E-state index < -0.39 is 48.2 Å². The van der Waals surface area contributed by atoms with Crippen LogP contribution in [0.4, 0.5) is 0 Å². The maximum atomic E-state index is 13.5. The molecule has 1 aliphatic rings. The molecule has 224 valence electrons. The number of esters is 1. The molecule has 42 heavy (non-hydrogen) atoms. The molecule has 1 saturated heterocycles. The van der Waals surface area contributed by atoms with Crippen molar-refractivity contribution < 1.29 is 29.3 Å². The highest BCUT2D eigenvalue weighted by Gasteiger charge is 2.44. The van der Waals surface area contributed by atoms with Gasteiger partial charge < -0.3 is 26.0 Å². The largest absolute Gasteiger partial charge is 0.464 e. The van der Waals surface area contributed by atoms with Crippen LogP contribution in [0.15, 0.2) is 54.6 Å². The summed E-state index contributed by atoms with van der Waals surface area (Å²) in [7, 11) is 1.24. The lowest BCUT2D eigenvalue weighted by Crippen LogP contribution is -2.55. The van der Waals surface area contributed by atoms with E-state index in [4.69, 9.17) is 10.5 Å².